The predicted octanol–water partition coefficient (Wildman–Crippen LogP) is 3.21. The van der Waals surface area contributed by atoms with Crippen molar-refractivity contribution in [1.29, 1.82) is 0 Å². The van der Waals surface area contributed by atoms with Crippen molar-refractivity contribution in [1.82, 2.24) is 10.2 Å². The molecule has 2 saturated heterocycles. The van der Waals surface area contributed by atoms with Crippen molar-refractivity contribution in [3.8, 4) is 0 Å². The Kier molecular flexibility index (Phi) is 4.06. The van der Waals surface area contributed by atoms with Gasteiger partial charge in [0.1, 0.15) is 0 Å². The van der Waals surface area contributed by atoms with Gasteiger partial charge in [-0.1, -0.05) is 23.2 Å². The molecule has 108 valence electrons. The normalized spacial score (nSPS) is 25.4. The standard InChI is InChI=1S/C14H17Cl2N3O/c15-10-1-2-11(16)13(7-10)18-14(20)19-6-4-12-9(8-19)3-5-17-12/h1-2,7,9,12,17H,3-6,8H2,(H,18,20). The number of benzene rings is 1. The molecule has 2 atom stereocenters. The first-order valence-corrected chi connectivity index (χ1v) is 7.63. The van der Waals surface area contributed by atoms with E-state index in [1.165, 1.54) is 0 Å². The van der Waals surface area contributed by atoms with Crippen LogP contribution in [0.2, 0.25) is 10.0 Å². The zero-order chi connectivity index (χ0) is 14.1. The van der Waals surface area contributed by atoms with E-state index >= 15 is 0 Å². The van der Waals surface area contributed by atoms with Gasteiger partial charge in [-0.3, -0.25) is 0 Å². The summed E-state index contributed by atoms with van der Waals surface area (Å²) in [7, 11) is 0. The van der Waals surface area contributed by atoms with Crippen LogP contribution in [0.25, 0.3) is 0 Å². The third kappa shape index (κ3) is 2.87. The van der Waals surface area contributed by atoms with Crippen LogP contribution in [0.3, 0.4) is 0 Å². The highest BCUT2D eigenvalue weighted by atomic mass is 35.5. The number of urea groups is 1. The number of likely N-dealkylation sites (tertiary alicyclic amines) is 1. The number of fused-ring (bicyclic) bond motifs is 1. The highest BCUT2D eigenvalue weighted by Gasteiger charge is 2.34. The summed E-state index contributed by atoms with van der Waals surface area (Å²) in [4.78, 5) is 14.2. The van der Waals surface area contributed by atoms with Gasteiger partial charge in [0.05, 0.1) is 10.7 Å². The third-order valence-corrected chi connectivity index (χ3v) is 4.68. The number of hydrogen-bond donors (Lipinski definition) is 2. The Labute approximate surface area is 128 Å². The van der Waals surface area contributed by atoms with E-state index in [0.29, 0.717) is 27.7 Å². The van der Waals surface area contributed by atoms with Crippen molar-refractivity contribution >= 4 is 34.9 Å². The molecule has 1 aromatic carbocycles. The van der Waals surface area contributed by atoms with Gasteiger partial charge in [-0.15, -0.1) is 0 Å². The van der Waals surface area contributed by atoms with Crippen molar-refractivity contribution in [2.45, 2.75) is 18.9 Å². The van der Waals surface area contributed by atoms with Crippen molar-refractivity contribution in [3.63, 3.8) is 0 Å². The van der Waals surface area contributed by atoms with Gasteiger partial charge in [0.2, 0.25) is 0 Å². The van der Waals surface area contributed by atoms with E-state index in [9.17, 15) is 4.79 Å². The third-order valence-electron chi connectivity index (χ3n) is 4.11. The second kappa shape index (κ2) is 5.80. The number of carbonyl (C=O) groups excluding carboxylic acids is 1. The minimum absolute atomic E-state index is 0.0977. The van der Waals surface area contributed by atoms with E-state index in [-0.39, 0.29) is 6.03 Å². The average molecular weight is 314 g/mol. The lowest BCUT2D eigenvalue weighted by Gasteiger charge is -2.34. The molecule has 2 fully saturated rings. The maximum atomic E-state index is 12.3. The molecule has 2 aliphatic rings. The van der Waals surface area contributed by atoms with Crippen molar-refractivity contribution < 1.29 is 4.79 Å². The second-order valence-electron chi connectivity index (χ2n) is 5.40. The first-order chi connectivity index (χ1) is 9.63. The molecule has 2 unspecified atom stereocenters. The van der Waals surface area contributed by atoms with Crippen molar-refractivity contribution in [3.05, 3.63) is 28.2 Å². The number of carbonyl (C=O) groups is 1. The molecule has 1 aromatic rings. The van der Waals surface area contributed by atoms with Crippen LogP contribution in [0.1, 0.15) is 12.8 Å². The van der Waals surface area contributed by atoms with Crippen LogP contribution in [0.5, 0.6) is 0 Å². The molecule has 0 aliphatic carbocycles. The van der Waals surface area contributed by atoms with E-state index in [0.717, 1.165) is 32.5 Å². The minimum Gasteiger partial charge on any atom is -0.324 e. The summed E-state index contributed by atoms with van der Waals surface area (Å²) >= 11 is 12.0. The molecule has 0 spiro atoms. The molecule has 0 radical (unpaired) electrons. The smallest absolute Gasteiger partial charge is 0.321 e. The zero-order valence-electron chi connectivity index (χ0n) is 11.0. The average Bonchev–Trinajstić information content (AvgIpc) is 2.90. The molecule has 6 heteroatoms. The van der Waals surface area contributed by atoms with Crippen molar-refractivity contribution in [2.24, 2.45) is 5.92 Å². The molecule has 3 rings (SSSR count). The largest absolute Gasteiger partial charge is 0.324 e. The second-order valence-corrected chi connectivity index (χ2v) is 6.24. The number of hydrogen-bond acceptors (Lipinski definition) is 2. The number of piperidine rings is 1. The number of amides is 2. The first kappa shape index (κ1) is 14.0. The summed E-state index contributed by atoms with van der Waals surface area (Å²) in [5.74, 6) is 0.573. The lowest BCUT2D eigenvalue weighted by molar-refractivity contribution is 0.170. The minimum atomic E-state index is -0.0977. The van der Waals surface area contributed by atoms with Gasteiger partial charge in [-0.25, -0.2) is 4.79 Å². The Morgan fingerprint density at radius 2 is 2.20 bits per heavy atom. The Bertz CT molecular complexity index is 523. The van der Waals surface area contributed by atoms with E-state index in [4.69, 9.17) is 23.2 Å². The summed E-state index contributed by atoms with van der Waals surface area (Å²) in [5.41, 5.74) is 0.566. The highest BCUT2D eigenvalue weighted by Crippen LogP contribution is 2.28. The summed E-state index contributed by atoms with van der Waals surface area (Å²) < 4.78 is 0. The molecule has 2 N–H and O–H groups in total. The summed E-state index contributed by atoms with van der Waals surface area (Å²) in [6, 6.07) is 5.54. The summed E-state index contributed by atoms with van der Waals surface area (Å²) in [5, 5.41) is 7.40. The fourth-order valence-electron chi connectivity index (χ4n) is 3.02. The van der Waals surface area contributed by atoms with Gasteiger partial charge in [-0.05, 0) is 43.5 Å². The van der Waals surface area contributed by atoms with Crippen LogP contribution in [0.4, 0.5) is 10.5 Å². The monoisotopic (exact) mass is 313 g/mol. The number of halogens is 2. The van der Waals surface area contributed by atoms with Crippen LogP contribution in [0.15, 0.2) is 18.2 Å². The van der Waals surface area contributed by atoms with E-state index in [1.807, 2.05) is 4.90 Å². The van der Waals surface area contributed by atoms with Crippen LogP contribution >= 0.6 is 23.2 Å². The Morgan fingerprint density at radius 3 is 3.05 bits per heavy atom. The maximum absolute atomic E-state index is 12.3. The van der Waals surface area contributed by atoms with Gasteiger partial charge < -0.3 is 15.5 Å². The van der Waals surface area contributed by atoms with Crippen LogP contribution < -0.4 is 10.6 Å². The lowest BCUT2D eigenvalue weighted by atomic mass is 9.94. The summed E-state index contributed by atoms with van der Waals surface area (Å²) in [6.07, 6.45) is 2.16. The molecule has 0 saturated carbocycles. The van der Waals surface area contributed by atoms with E-state index in [2.05, 4.69) is 10.6 Å². The molecule has 2 aliphatic heterocycles. The van der Waals surface area contributed by atoms with Crippen LogP contribution in [-0.2, 0) is 0 Å². The van der Waals surface area contributed by atoms with Gasteiger partial charge in [0.25, 0.3) is 0 Å². The molecule has 2 heterocycles. The number of rotatable bonds is 1. The van der Waals surface area contributed by atoms with Gasteiger partial charge in [0.15, 0.2) is 0 Å². The maximum Gasteiger partial charge on any atom is 0.321 e. The molecule has 0 bridgehead atoms. The lowest BCUT2D eigenvalue weighted by Crippen LogP contribution is -2.48. The van der Waals surface area contributed by atoms with Gasteiger partial charge >= 0.3 is 6.03 Å². The molecular formula is C14H17Cl2N3O. The molecule has 4 nitrogen and oxygen atoms in total. The number of nitrogens with one attached hydrogen (secondary N) is 2. The molecule has 0 aromatic heterocycles. The van der Waals surface area contributed by atoms with E-state index < -0.39 is 0 Å². The molecule has 20 heavy (non-hydrogen) atoms. The van der Waals surface area contributed by atoms with Crippen LogP contribution in [-0.4, -0.2) is 36.6 Å². The topological polar surface area (TPSA) is 44.4 Å². The quantitative estimate of drug-likeness (QED) is 0.836. The highest BCUT2D eigenvalue weighted by molar-refractivity contribution is 6.35. The molecule has 2 amide bonds. The van der Waals surface area contributed by atoms with Crippen LogP contribution in [0, 0.1) is 5.92 Å². The Balaban J connectivity index is 1.65. The Morgan fingerprint density at radius 1 is 1.35 bits per heavy atom. The van der Waals surface area contributed by atoms with E-state index in [1.54, 1.807) is 18.2 Å². The SMILES string of the molecule is O=C(Nc1cc(Cl)ccc1Cl)N1CCC2NCCC2C1. The number of anilines is 1. The predicted molar refractivity (Wildman–Crippen MR) is 81.6 cm³/mol. The van der Waals surface area contributed by atoms with Gasteiger partial charge in [0, 0.05) is 24.2 Å². The zero-order valence-corrected chi connectivity index (χ0v) is 12.5. The number of nitrogens with zero attached hydrogens (tertiary/aromatic N) is 1. The van der Waals surface area contributed by atoms with Crippen molar-refractivity contribution in [2.75, 3.05) is 25.0 Å². The fraction of sp³-hybridized carbons (Fsp3) is 0.500. The fourth-order valence-corrected chi connectivity index (χ4v) is 3.36. The Hall–Kier alpha value is -0.970. The molecular weight excluding hydrogens is 297 g/mol. The van der Waals surface area contributed by atoms with Gasteiger partial charge in [-0.2, -0.15) is 0 Å². The first-order valence-electron chi connectivity index (χ1n) is 6.88. The summed E-state index contributed by atoms with van der Waals surface area (Å²) in [6.45, 7) is 2.64.